The molecule has 0 radical (unpaired) electrons. The van der Waals surface area contributed by atoms with Crippen molar-refractivity contribution in [3.63, 3.8) is 0 Å². The van der Waals surface area contributed by atoms with E-state index >= 15 is 0 Å². The van der Waals surface area contributed by atoms with Crippen LogP contribution in [0.3, 0.4) is 0 Å². The van der Waals surface area contributed by atoms with E-state index in [1.807, 2.05) is 0 Å². The maximum absolute atomic E-state index is 11.8. The molecule has 0 aromatic heterocycles. The normalized spacial score (nSPS) is 49.5. The molecule has 38 heteroatoms. The zero-order valence-electron chi connectivity index (χ0n) is 50.7. The number of aliphatic hydroxyl groups excluding tert-OH is 19. The molecule has 9 rings (SSSR count). The molecule has 36 nitrogen and oxygen atoms in total. The molecule has 0 amide bonds. The van der Waals surface area contributed by atoms with Crippen molar-refractivity contribution >= 4 is 23.5 Å². The van der Waals surface area contributed by atoms with E-state index in [1.54, 1.807) is 27.7 Å². The van der Waals surface area contributed by atoms with Gasteiger partial charge in [-0.25, -0.2) is 0 Å². The van der Waals surface area contributed by atoms with Crippen LogP contribution in [-0.2, 0) is 80.5 Å². The van der Waals surface area contributed by atoms with Gasteiger partial charge in [-0.1, -0.05) is 0 Å². The lowest BCUT2D eigenvalue weighted by atomic mass is 9.96. The van der Waals surface area contributed by atoms with Gasteiger partial charge in [0.2, 0.25) is 0 Å². The largest absolute Gasteiger partial charge is 0.394 e. The third-order valence-electron chi connectivity index (χ3n) is 17.2. The number of hydrogen-bond acceptors (Lipinski definition) is 38. The van der Waals surface area contributed by atoms with E-state index in [4.69, 9.17) is 80.5 Å². The van der Waals surface area contributed by atoms with Gasteiger partial charge in [-0.2, -0.15) is 0 Å². The molecule has 0 aromatic rings. The Morgan fingerprint density at radius 1 is 0.326 bits per heavy atom. The molecule has 19 N–H and O–H groups in total. The third-order valence-corrected chi connectivity index (χ3v) is 19.7. The summed E-state index contributed by atoms with van der Waals surface area (Å²) >= 11 is 2.05. The van der Waals surface area contributed by atoms with Crippen LogP contribution < -0.4 is 0 Å². The molecule has 9 saturated heterocycles. The summed E-state index contributed by atoms with van der Waals surface area (Å²) in [4.78, 5) is 0. The second-order valence-corrected chi connectivity index (χ2v) is 27.2. The van der Waals surface area contributed by atoms with Crippen molar-refractivity contribution in [3.05, 3.63) is 0 Å². The van der Waals surface area contributed by atoms with Crippen molar-refractivity contribution in [1.29, 1.82) is 0 Å². The van der Waals surface area contributed by atoms with Gasteiger partial charge in [-0.3, -0.25) is 0 Å². The van der Waals surface area contributed by atoms with Gasteiger partial charge in [0.1, 0.15) is 182 Å². The van der Waals surface area contributed by atoms with Gasteiger partial charge in [0.25, 0.3) is 0 Å². The molecule has 9 aliphatic rings. The van der Waals surface area contributed by atoms with Crippen molar-refractivity contribution in [2.45, 2.75) is 265 Å². The first-order valence-corrected chi connectivity index (χ1v) is 32.6. The van der Waals surface area contributed by atoms with Crippen LogP contribution in [-0.4, -0.2) is 393 Å². The Morgan fingerprint density at radius 3 is 1.16 bits per heavy atom. The fraction of sp³-hybridized carbons (Fsp3) is 1.00. The quantitative estimate of drug-likeness (QED) is 0.0340. The van der Waals surface area contributed by atoms with E-state index in [0.29, 0.717) is 0 Å². The van der Waals surface area contributed by atoms with Crippen LogP contribution in [0.4, 0.5) is 0 Å². The Labute approximate surface area is 535 Å². The average Bonchev–Trinajstić information content (AvgIpc) is 1.13. The van der Waals surface area contributed by atoms with Gasteiger partial charge in [-0.15, -0.1) is 23.5 Å². The first-order valence-electron chi connectivity index (χ1n) is 30.5. The number of aliphatic hydroxyl groups is 19. The fourth-order valence-corrected chi connectivity index (χ4v) is 14.4. The Kier molecular flexibility index (Phi) is 26.8. The highest BCUT2D eigenvalue weighted by Crippen LogP contribution is 2.45. The van der Waals surface area contributed by atoms with Gasteiger partial charge in [0.15, 0.2) is 43.0 Å². The number of thioether (sulfide) groups is 2. The number of ether oxygens (including phenoxy) is 17. The van der Waals surface area contributed by atoms with E-state index in [-0.39, 0.29) is 44.2 Å². The number of hydrogen-bond donors (Lipinski definition) is 19. The molecule has 35 atom stereocenters. The van der Waals surface area contributed by atoms with Crippen molar-refractivity contribution in [2.24, 2.45) is 0 Å². The maximum atomic E-state index is 11.8. The predicted octanol–water partition coefficient (Wildman–Crippen LogP) is -10.4. The van der Waals surface area contributed by atoms with Crippen molar-refractivity contribution in [2.75, 3.05) is 71.0 Å². The highest BCUT2D eigenvalue weighted by Gasteiger charge is 2.62. The van der Waals surface area contributed by atoms with E-state index < -0.39 is 264 Å². The molecule has 0 aliphatic carbocycles. The van der Waals surface area contributed by atoms with Crippen molar-refractivity contribution < 1.29 is 178 Å². The maximum Gasteiger partial charge on any atom is 0.190 e. The molecule has 0 unspecified atom stereocenters. The van der Waals surface area contributed by atoms with Crippen molar-refractivity contribution in [3.8, 4) is 0 Å². The Bertz CT molecular complexity index is 2240. The molecule has 536 valence electrons. The topological polar surface area (TPSA) is 541 Å². The SMILES string of the molecule is CC1(C)O[C@H]2[C@@H](O1)[C@@H](CO[C@@H]1O[C@H](COCCCS[C@@H]3O[C@H](CO)[C@@H](O[C@@H]4O[C@H](CO)[C@H](O)[C@H](O)[C@H]4O)[C@H](O)[C@H]3O)[C@@H](O[C@H]3O[C@H](COCCCS[C@@H]4O[C@H](CO)[C@@H](O[C@@H]5O[C@H](CO)[C@H](O)[C@H](O)[C@H]5O)[C@H](O)[C@H]4O)[C@@H](O)[C@H](O)[C@H]3O)[C@H](O)[C@H]1O)O[C@@H]1OC(C)(C)O[C@@H]12. The summed E-state index contributed by atoms with van der Waals surface area (Å²) in [5, 5.41) is 202. The van der Waals surface area contributed by atoms with E-state index in [1.165, 1.54) is 0 Å². The molecule has 0 spiro atoms. The monoisotopic (exact) mass is 1380 g/mol. The average molecular weight is 1380 g/mol. The molecule has 9 aliphatic heterocycles. The number of fused-ring (bicyclic) bond motifs is 3. The first-order chi connectivity index (χ1) is 43.6. The van der Waals surface area contributed by atoms with Gasteiger partial charge in [-0.05, 0) is 52.0 Å². The van der Waals surface area contributed by atoms with Gasteiger partial charge in [0, 0.05) is 13.2 Å². The Balaban J connectivity index is 0.787. The summed E-state index contributed by atoms with van der Waals surface area (Å²) in [6, 6.07) is 0. The standard InChI is InChI=1S/C54H92O36S2/c1-53(2)87-43-24(81-50-45(44(43)88-53)89-54(3,4)90-50)17-76-46-37(71)31(65)42(23(80-46)16-75-8-6-10-92-52-39(73)33(67)41(21(14-58)83-52)85-48-35(69)29(63)26(60)19(12-56)78-48)86-49-36(70)30(64)27(61)22(79-49)15-74-7-5-9-91-51-38(72)32(66)40(20(13-57)82-51)84-47-34(68)28(62)25(59)18(11-55)77-47/h18-52,55-73H,5-17H2,1-4H3/t18-,19-,20-,21-,22-,23-,24-,25+,26+,27-,28+,29+,30+,31-,32-,33-,34-,35-,36-,37-,38-,39-,40-,41-,42-,43+,44+,45-,46-,47+,48+,49-,50-,51+,52+/m1/s1. The first kappa shape index (κ1) is 75.5. The third kappa shape index (κ3) is 17.0. The minimum Gasteiger partial charge on any atom is -0.394 e. The Morgan fingerprint density at radius 2 is 0.696 bits per heavy atom. The highest BCUT2D eigenvalue weighted by atomic mass is 32.2. The molecule has 0 saturated carbocycles. The van der Waals surface area contributed by atoms with E-state index in [2.05, 4.69) is 0 Å². The van der Waals surface area contributed by atoms with E-state index in [9.17, 15) is 97.0 Å². The zero-order chi connectivity index (χ0) is 66.8. The fourth-order valence-electron chi connectivity index (χ4n) is 12.2. The summed E-state index contributed by atoms with van der Waals surface area (Å²) in [5.74, 6) is -1.71. The van der Waals surface area contributed by atoms with E-state index in [0.717, 1.165) is 23.5 Å². The molecular formula is C54H92O36S2. The van der Waals surface area contributed by atoms with Gasteiger partial charge in [0.05, 0.1) is 46.2 Å². The summed E-state index contributed by atoms with van der Waals surface area (Å²) in [7, 11) is 0. The summed E-state index contributed by atoms with van der Waals surface area (Å²) in [5.41, 5.74) is -2.28. The summed E-state index contributed by atoms with van der Waals surface area (Å²) < 4.78 is 101. The van der Waals surface area contributed by atoms with Crippen molar-refractivity contribution in [1.82, 2.24) is 0 Å². The van der Waals surface area contributed by atoms with Crippen LogP contribution in [0.25, 0.3) is 0 Å². The number of rotatable bonds is 27. The summed E-state index contributed by atoms with van der Waals surface area (Å²) in [6.45, 7) is 2.65. The Hall–Kier alpha value is -0.740. The molecule has 92 heavy (non-hydrogen) atoms. The van der Waals surface area contributed by atoms with Crippen LogP contribution in [0.5, 0.6) is 0 Å². The minimum atomic E-state index is -1.96. The van der Waals surface area contributed by atoms with Crippen LogP contribution in [0.1, 0.15) is 40.5 Å². The van der Waals surface area contributed by atoms with Gasteiger partial charge >= 0.3 is 0 Å². The molecule has 9 heterocycles. The lowest BCUT2D eigenvalue weighted by molar-refractivity contribution is -0.363. The van der Waals surface area contributed by atoms with Crippen LogP contribution in [0, 0.1) is 0 Å². The lowest BCUT2D eigenvalue weighted by Crippen LogP contribution is -2.65. The smallest absolute Gasteiger partial charge is 0.190 e. The lowest BCUT2D eigenvalue weighted by Gasteiger charge is -2.46. The van der Waals surface area contributed by atoms with Gasteiger partial charge < -0.3 is 178 Å². The second kappa shape index (κ2) is 32.7. The molecule has 0 aromatic carbocycles. The van der Waals surface area contributed by atoms with Crippen LogP contribution >= 0.6 is 23.5 Å². The minimum absolute atomic E-state index is 0.0321. The highest BCUT2D eigenvalue weighted by molar-refractivity contribution is 8.00. The molecule has 0 bridgehead atoms. The summed E-state index contributed by atoms with van der Waals surface area (Å²) in [6.07, 6.45) is -49.7. The molecule has 9 fully saturated rings. The van der Waals surface area contributed by atoms with Crippen LogP contribution in [0.2, 0.25) is 0 Å². The second-order valence-electron chi connectivity index (χ2n) is 24.8. The zero-order valence-corrected chi connectivity index (χ0v) is 52.3. The molecular weight excluding hydrogens is 1290 g/mol. The predicted molar refractivity (Wildman–Crippen MR) is 299 cm³/mol. The van der Waals surface area contributed by atoms with Crippen LogP contribution in [0.15, 0.2) is 0 Å².